The lowest BCUT2D eigenvalue weighted by Gasteiger charge is -2.33. The molecule has 0 saturated carbocycles. The molecule has 0 aromatic heterocycles. The maximum absolute atomic E-state index is 12.2. The monoisotopic (exact) mass is 276 g/mol. The molecule has 0 radical (unpaired) electrons. The summed E-state index contributed by atoms with van der Waals surface area (Å²) in [5.41, 5.74) is 0. The standard InChI is InChI=1S/C12H24N2O3S/c1-3-4-5-8-18(15,16)14-9-11-12(10-14)17-7-6-13(11)2/h11-12H,3-10H2,1-2H3/t11-,12+/m0/s1. The number of fused-ring (bicyclic) bond motifs is 1. The minimum Gasteiger partial charge on any atom is -0.374 e. The van der Waals surface area contributed by atoms with Gasteiger partial charge in [0.25, 0.3) is 0 Å². The normalized spacial score (nSPS) is 30.6. The molecule has 2 aliphatic heterocycles. The van der Waals surface area contributed by atoms with Gasteiger partial charge in [-0.15, -0.1) is 0 Å². The first-order chi connectivity index (χ1) is 8.54. The van der Waals surface area contributed by atoms with E-state index in [-0.39, 0.29) is 17.9 Å². The van der Waals surface area contributed by atoms with Crippen LogP contribution in [0.25, 0.3) is 0 Å². The molecule has 6 heteroatoms. The van der Waals surface area contributed by atoms with Gasteiger partial charge in [-0.3, -0.25) is 4.90 Å². The fraction of sp³-hybridized carbons (Fsp3) is 1.00. The molecule has 0 aliphatic carbocycles. The van der Waals surface area contributed by atoms with Gasteiger partial charge in [-0.25, -0.2) is 8.42 Å². The molecule has 0 unspecified atom stereocenters. The van der Waals surface area contributed by atoms with Crippen LogP contribution >= 0.6 is 0 Å². The zero-order valence-corrected chi connectivity index (χ0v) is 12.2. The number of unbranched alkanes of at least 4 members (excludes halogenated alkanes) is 2. The Morgan fingerprint density at radius 2 is 2.06 bits per heavy atom. The van der Waals surface area contributed by atoms with Crippen molar-refractivity contribution in [1.82, 2.24) is 9.21 Å². The molecular weight excluding hydrogens is 252 g/mol. The van der Waals surface area contributed by atoms with Crippen molar-refractivity contribution in [3.63, 3.8) is 0 Å². The first kappa shape index (κ1) is 14.2. The van der Waals surface area contributed by atoms with E-state index in [9.17, 15) is 8.42 Å². The first-order valence-electron chi connectivity index (χ1n) is 6.84. The van der Waals surface area contributed by atoms with Crippen molar-refractivity contribution in [3.05, 3.63) is 0 Å². The van der Waals surface area contributed by atoms with Crippen LogP contribution in [-0.2, 0) is 14.8 Å². The van der Waals surface area contributed by atoms with Crippen LogP contribution in [0, 0.1) is 0 Å². The molecule has 5 nitrogen and oxygen atoms in total. The number of nitrogens with zero attached hydrogens (tertiary/aromatic N) is 2. The minimum atomic E-state index is -3.09. The topological polar surface area (TPSA) is 49.9 Å². The molecule has 0 spiro atoms. The van der Waals surface area contributed by atoms with E-state index in [0.717, 1.165) is 25.8 Å². The van der Waals surface area contributed by atoms with E-state index < -0.39 is 10.0 Å². The molecule has 0 aromatic rings. The predicted molar refractivity (Wildman–Crippen MR) is 71.0 cm³/mol. The molecule has 0 N–H and O–H groups in total. The third kappa shape index (κ3) is 3.04. The van der Waals surface area contributed by atoms with Crippen LogP contribution in [0.1, 0.15) is 26.2 Å². The number of morpholine rings is 1. The van der Waals surface area contributed by atoms with Crippen LogP contribution in [0.3, 0.4) is 0 Å². The number of sulfonamides is 1. The van der Waals surface area contributed by atoms with Gasteiger partial charge < -0.3 is 4.74 Å². The Kier molecular flexibility index (Phi) is 4.64. The van der Waals surface area contributed by atoms with E-state index in [1.165, 1.54) is 0 Å². The molecule has 2 atom stereocenters. The Morgan fingerprint density at radius 3 is 2.72 bits per heavy atom. The van der Waals surface area contributed by atoms with E-state index in [2.05, 4.69) is 11.8 Å². The second-order valence-electron chi connectivity index (χ2n) is 5.30. The zero-order valence-electron chi connectivity index (χ0n) is 11.3. The van der Waals surface area contributed by atoms with Crippen LogP contribution in [0.2, 0.25) is 0 Å². The Hall–Kier alpha value is -0.170. The molecule has 0 bridgehead atoms. The smallest absolute Gasteiger partial charge is 0.214 e. The van der Waals surface area contributed by atoms with Gasteiger partial charge in [-0.2, -0.15) is 4.31 Å². The summed E-state index contributed by atoms with van der Waals surface area (Å²) in [4.78, 5) is 2.22. The van der Waals surface area contributed by atoms with Gasteiger partial charge >= 0.3 is 0 Å². The van der Waals surface area contributed by atoms with Crippen molar-refractivity contribution in [3.8, 4) is 0 Å². The average molecular weight is 276 g/mol. The van der Waals surface area contributed by atoms with E-state index >= 15 is 0 Å². The lowest BCUT2D eigenvalue weighted by atomic mass is 10.1. The molecule has 2 fully saturated rings. The Morgan fingerprint density at radius 1 is 1.28 bits per heavy atom. The van der Waals surface area contributed by atoms with Crippen molar-refractivity contribution in [2.75, 3.05) is 39.0 Å². The molecule has 2 heterocycles. The van der Waals surface area contributed by atoms with Crippen LogP contribution in [0.4, 0.5) is 0 Å². The Balaban J connectivity index is 1.94. The Labute approximate surface area is 110 Å². The van der Waals surface area contributed by atoms with Crippen LogP contribution in [0.15, 0.2) is 0 Å². The van der Waals surface area contributed by atoms with Crippen molar-refractivity contribution in [1.29, 1.82) is 0 Å². The number of likely N-dealkylation sites (N-methyl/N-ethyl adjacent to an activating group) is 1. The fourth-order valence-corrected chi connectivity index (χ4v) is 4.30. The molecule has 2 aliphatic rings. The SMILES string of the molecule is CCCCCS(=O)(=O)N1C[C@H]2OCCN(C)[C@H]2C1. The molecule has 2 rings (SSSR count). The van der Waals surface area contributed by atoms with Gasteiger partial charge in [0, 0.05) is 19.6 Å². The van der Waals surface area contributed by atoms with Gasteiger partial charge in [0.15, 0.2) is 0 Å². The highest BCUT2D eigenvalue weighted by molar-refractivity contribution is 7.89. The third-order valence-electron chi connectivity index (χ3n) is 3.94. The number of ether oxygens (including phenoxy) is 1. The van der Waals surface area contributed by atoms with E-state index in [0.29, 0.717) is 19.7 Å². The van der Waals surface area contributed by atoms with Gasteiger partial charge in [0.2, 0.25) is 10.0 Å². The molecule has 18 heavy (non-hydrogen) atoms. The summed E-state index contributed by atoms with van der Waals surface area (Å²) in [7, 11) is -1.04. The van der Waals surface area contributed by atoms with Crippen LogP contribution < -0.4 is 0 Å². The molecule has 106 valence electrons. The quantitative estimate of drug-likeness (QED) is 0.687. The summed E-state index contributed by atoms with van der Waals surface area (Å²) in [5.74, 6) is 0.282. The lowest BCUT2D eigenvalue weighted by molar-refractivity contribution is -0.0366. The summed E-state index contributed by atoms with van der Waals surface area (Å²) >= 11 is 0. The van der Waals surface area contributed by atoms with Gasteiger partial charge in [0.05, 0.1) is 24.5 Å². The largest absolute Gasteiger partial charge is 0.374 e. The summed E-state index contributed by atoms with van der Waals surface area (Å²) < 4.78 is 31.7. The van der Waals surface area contributed by atoms with E-state index in [1.807, 2.05) is 7.05 Å². The summed E-state index contributed by atoms with van der Waals surface area (Å²) in [6, 6.07) is 0.236. The first-order valence-corrected chi connectivity index (χ1v) is 8.45. The molecule has 2 saturated heterocycles. The van der Waals surface area contributed by atoms with Crippen LogP contribution in [-0.4, -0.2) is 68.8 Å². The second kappa shape index (κ2) is 5.86. The third-order valence-corrected chi connectivity index (χ3v) is 5.83. The highest BCUT2D eigenvalue weighted by Crippen LogP contribution is 2.24. The van der Waals surface area contributed by atoms with E-state index in [4.69, 9.17) is 4.74 Å². The van der Waals surface area contributed by atoms with Crippen molar-refractivity contribution >= 4 is 10.0 Å². The Bertz CT molecular complexity index is 372. The summed E-state index contributed by atoms with van der Waals surface area (Å²) in [5, 5.41) is 0. The average Bonchev–Trinajstić information content (AvgIpc) is 2.75. The van der Waals surface area contributed by atoms with Crippen LogP contribution in [0.5, 0.6) is 0 Å². The van der Waals surface area contributed by atoms with Gasteiger partial charge in [-0.05, 0) is 13.5 Å². The highest BCUT2D eigenvalue weighted by atomic mass is 32.2. The van der Waals surface area contributed by atoms with Crippen molar-refractivity contribution in [2.24, 2.45) is 0 Å². The van der Waals surface area contributed by atoms with E-state index in [1.54, 1.807) is 4.31 Å². The molecule has 0 aromatic carbocycles. The predicted octanol–water partition coefficient (Wildman–Crippen LogP) is 0.521. The molecule has 0 amide bonds. The minimum absolute atomic E-state index is 0.0599. The number of rotatable bonds is 5. The highest BCUT2D eigenvalue weighted by Gasteiger charge is 2.42. The van der Waals surface area contributed by atoms with Gasteiger partial charge in [0.1, 0.15) is 0 Å². The van der Waals surface area contributed by atoms with Gasteiger partial charge in [-0.1, -0.05) is 19.8 Å². The summed E-state index contributed by atoms with van der Waals surface area (Å²) in [6.45, 7) is 4.81. The number of hydrogen-bond donors (Lipinski definition) is 0. The fourth-order valence-electron chi connectivity index (χ4n) is 2.71. The second-order valence-corrected chi connectivity index (χ2v) is 7.39. The summed E-state index contributed by atoms with van der Waals surface area (Å²) in [6.07, 6.45) is 2.86. The van der Waals surface area contributed by atoms with Crippen molar-refractivity contribution < 1.29 is 13.2 Å². The maximum atomic E-state index is 12.2. The zero-order chi connectivity index (χ0) is 13.2. The maximum Gasteiger partial charge on any atom is 0.214 e. The molecular formula is C12H24N2O3S. The number of hydrogen-bond acceptors (Lipinski definition) is 4. The lowest BCUT2D eigenvalue weighted by Crippen LogP contribution is -2.48. The van der Waals surface area contributed by atoms with Crippen molar-refractivity contribution in [2.45, 2.75) is 38.3 Å².